The standard InChI is InChI=1S/C26H31F3N2O5S/c1-31(23-8-4-5-16-12-19(9-10-24(32)33)30-15-22(16)23)25(34)17-11-18(26(27,28)29)14-21(13-17)37(35,36)20-6-2-3-7-20/h11,13-15,19-20,23H,2-10,12H2,1H3,(H,32,33)/t19?,23-/m1/s1. The van der Waals surface area contributed by atoms with Gasteiger partial charge in [-0.15, -0.1) is 0 Å². The lowest BCUT2D eigenvalue weighted by Gasteiger charge is -2.36. The molecule has 11 heteroatoms. The molecule has 3 aliphatic rings. The SMILES string of the molecule is CN(C(=O)c1cc(C(F)(F)F)cc(S(=O)(=O)C2CCCC2)c1)[C@@H]1CCCC2=C1C=NC(CCC(=O)O)C2. The molecule has 0 bridgehead atoms. The van der Waals surface area contributed by atoms with Crippen molar-refractivity contribution in [3.05, 3.63) is 40.5 Å². The zero-order valence-electron chi connectivity index (χ0n) is 20.6. The summed E-state index contributed by atoms with van der Waals surface area (Å²) in [6, 6.07) is 1.88. The van der Waals surface area contributed by atoms with Crippen LogP contribution in [0.3, 0.4) is 0 Å². The maximum Gasteiger partial charge on any atom is 0.416 e. The molecule has 1 fully saturated rings. The van der Waals surface area contributed by atoms with Gasteiger partial charge in [-0.2, -0.15) is 13.2 Å². The van der Waals surface area contributed by atoms with Crippen LogP contribution < -0.4 is 0 Å². The molecule has 1 aromatic rings. The van der Waals surface area contributed by atoms with Gasteiger partial charge in [-0.3, -0.25) is 14.6 Å². The van der Waals surface area contributed by atoms with Gasteiger partial charge in [0.1, 0.15) is 0 Å². The normalized spacial score (nSPS) is 22.7. The molecular weight excluding hydrogens is 509 g/mol. The van der Waals surface area contributed by atoms with Gasteiger partial charge in [-0.1, -0.05) is 18.4 Å². The van der Waals surface area contributed by atoms with Crippen molar-refractivity contribution in [3.63, 3.8) is 0 Å². The molecule has 0 aromatic heterocycles. The number of carboxylic acids is 1. The van der Waals surface area contributed by atoms with Gasteiger partial charge in [-0.05, 0) is 68.7 Å². The molecule has 37 heavy (non-hydrogen) atoms. The van der Waals surface area contributed by atoms with E-state index in [1.165, 1.54) is 11.9 Å². The number of halogens is 3. The average Bonchev–Trinajstić information content (AvgIpc) is 3.41. The smallest absolute Gasteiger partial charge is 0.416 e. The van der Waals surface area contributed by atoms with E-state index in [1.54, 1.807) is 6.21 Å². The average molecular weight is 541 g/mol. The summed E-state index contributed by atoms with van der Waals surface area (Å²) < 4.78 is 67.4. The molecule has 1 saturated carbocycles. The number of carbonyl (C=O) groups excluding carboxylic acids is 1. The molecule has 1 amide bonds. The van der Waals surface area contributed by atoms with E-state index in [0.29, 0.717) is 51.0 Å². The number of likely N-dealkylation sites (N-methyl/N-ethyl adjacent to an activating group) is 1. The van der Waals surface area contributed by atoms with Gasteiger partial charge in [0, 0.05) is 25.2 Å². The van der Waals surface area contributed by atoms with Crippen molar-refractivity contribution in [2.75, 3.05) is 7.05 Å². The predicted octanol–water partition coefficient (Wildman–Crippen LogP) is 5.05. The third-order valence-corrected chi connectivity index (χ3v) is 9.90. The van der Waals surface area contributed by atoms with Crippen LogP contribution in [0.15, 0.2) is 39.2 Å². The summed E-state index contributed by atoms with van der Waals surface area (Å²) >= 11 is 0. The Kier molecular flexibility index (Phi) is 7.83. The largest absolute Gasteiger partial charge is 0.481 e. The number of amides is 1. The topological polar surface area (TPSA) is 104 Å². The number of aliphatic carboxylic acids is 1. The molecule has 0 saturated heterocycles. The van der Waals surface area contributed by atoms with Gasteiger partial charge in [0.2, 0.25) is 0 Å². The Morgan fingerprint density at radius 3 is 2.46 bits per heavy atom. The van der Waals surface area contributed by atoms with Crippen LogP contribution in [0.2, 0.25) is 0 Å². The van der Waals surface area contributed by atoms with Gasteiger partial charge in [0.15, 0.2) is 9.84 Å². The van der Waals surface area contributed by atoms with Crippen LogP contribution in [0.1, 0.15) is 80.1 Å². The van der Waals surface area contributed by atoms with Crippen LogP contribution in [0.4, 0.5) is 13.2 Å². The number of carboxylic acid groups (broad SMARTS) is 1. The number of rotatable bonds is 7. The van der Waals surface area contributed by atoms with Crippen molar-refractivity contribution >= 4 is 27.9 Å². The van der Waals surface area contributed by atoms with E-state index in [-0.39, 0.29) is 18.0 Å². The Morgan fingerprint density at radius 1 is 1.11 bits per heavy atom. The van der Waals surface area contributed by atoms with Crippen molar-refractivity contribution < 1.29 is 36.3 Å². The number of hydrogen-bond donors (Lipinski definition) is 1. The molecule has 1 N–H and O–H groups in total. The number of sulfone groups is 1. The number of carbonyl (C=O) groups is 2. The van der Waals surface area contributed by atoms with Gasteiger partial charge >= 0.3 is 12.1 Å². The second-order valence-corrected chi connectivity index (χ2v) is 12.4. The fraction of sp³-hybridized carbons (Fsp3) is 0.577. The Morgan fingerprint density at radius 2 is 1.81 bits per heavy atom. The van der Waals surface area contributed by atoms with E-state index < -0.39 is 49.6 Å². The molecule has 7 nitrogen and oxygen atoms in total. The lowest BCUT2D eigenvalue weighted by molar-refractivity contribution is -0.138. The second kappa shape index (κ2) is 10.6. The highest BCUT2D eigenvalue weighted by Gasteiger charge is 2.37. The van der Waals surface area contributed by atoms with Crippen molar-refractivity contribution in [2.45, 2.75) is 92.6 Å². The van der Waals surface area contributed by atoms with Crippen LogP contribution in [-0.2, 0) is 20.8 Å². The Labute approximate surface area is 214 Å². The first-order chi connectivity index (χ1) is 17.4. The summed E-state index contributed by atoms with van der Waals surface area (Å²) in [6.45, 7) is 0. The number of hydrogen-bond acceptors (Lipinski definition) is 5. The summed E-state index contributed by atoms with van der Waals surface area (Å²) in [5.41, 5.74) is 0.440. The lowest BCUT2D eigenvalue weighted by atomic mass is 9.82. The summed E-state index contributed by atoms with van der Waals surface area (Å²) in [6.07, 6.45) is 2.22. The first-order valence-electron chi connectivity index (χ1n) is 12.6. The van der Waals surface area contributed by atoms with Crippen molar-refractivity contribution in [1.82, 2.24) is 4.90 Å². The molecule has 2 atom stereocenters. The molecule has 0 radical (unpaired) electrons. The first-order valence-corrected chi connectivity index (χ1v) is 14.1. The minimum absolute atomic E-state index is 0.00802. The minimum atomic E-state index is -4.81. The summed E-state index contributed by atoms with van der Waals surface area (Å²) in [5, 5.41) is 8.21. The molecule has 0 spiro atoms. The molecule has 1 unspecified atom stereocenters. The lowest BCUT2D eigenvalue weighted by Crippen LogP contribution is -2.41. The molecule has 4 rings (SSSR count). The van der Waals surface area contributed by atoms with E-state index in [1.807, 2.05) is 0 Å². The van der Waals surface area contributed by atoms with Crippen LogP contribution in [0.25, 0.3) is 0 Å². The third-order valence-electron chi connectivity index (χ3n) is 7.66. The fourth-order valence-corrected chi connectivity index (χ4v) is 7.54. The third kappa shape index (κ3) is 5.91. The van der Waals surface area contributed by atoms with E-state index >= 15 is 0 Å². The van der Waals surface area contributed by atoms with E-state index in [2.05, 4.69) is 4.99 Å². The number of aliphatic imine (C=N–C) groups is 1. The van der Waals surface area contributed by atoms with Crippen LogP contribution in [0, 0.1) is 0 Å². The molecule has 2 aliphatic carbocycles. The van der Waals surface area contributed by atoms with Gasteiger partial charge in [-0.25, -0.2) is 8.42 Å². The summed E-state index contributed by atoms with van der Waals surface area (Å²) in [4.78, 5) is 29.8. The maximum absolute atomic E-state index is 13.7. The van der Waals surface area contributed by atoms with Crippen LogP contribution in [-0.4, -0.2) is 60.9 Å². The van der Waals surface area contributed by atoms with E-state index in [9.17, 15) is 31.2 Å². The molecule has 1 aromatic carbocycles. The monoisotopic (exact) mass is 540 g/mol. The summed E-state index contributed by atoms with van der Waals surface area (Å²) in [7, 11) is -2.50. The van der Waals surface area contributed by atoms with Crippen LogP contribution in [0.5, 0.6) is 0 Å². The van der Waals surface area contributed by atoms with Crippen LogP contribution >= 0.6 is 0 Å². The van der Waals surface area contributed by atoms with Crippen molar-refractivity contribution in [2.24, 2.45) is 4.99 Å². The maximum atomic E-state index is 13.7. The van der Waals surface area contributed by atoms with Gasteiger partial charge < -0.3 is 10.0 Å². The fourth-order valence-electron chi connectivity index (χ4n) is 5.62. The van der Waals surface area contributed by atoms with Gasteiger partial charge in [0.05, 0.1) is 27.8 Å². The van der Waals surface area contributed by atoms with E-state index in [4.69, 9.17) is 5.11 Å². The molecule has 202 valence electrons. The Bertz CT molecular complexity index is 1230. The minimum Gasteiger partial charge on any atom is -0.481 e. The zero-order valence-corrected chi connectivity index (χ0v) is 21.4. The highest BCUT2D eigenvalue weighted by molar-refractivity contribution is 7.92. The molecule has 1 aliphatic heterocycles. The zero-order chi connectivity index (χ0) is 27.0. The number of benzene rings is 1. The molecule has 1 heterocycles. The van der Waals surface area contributed by atoms with Crippen molar-refractivity contribution in [1.29, 1.82) is 0 Å². The quantitative estimate of drug-likeness (QED) is 0.521. The number of nitrogens with zero attached hydrogens (tertiary/aromatic N) is 2. The second-order valence-electron chi connectivity index (χ2n) is 10.1. The van der Waals surface area contributed by atoms with Gasteiger partial charge in [0.25, 0.3) is 5.91 Å². The number of alkyl halides is 3. The Balaban J connectivity index is 1.62. The first kappa shape index (κ1) is 27.3. The number of dihydropyridines is 1. The highest BCUT2D eigenvalue weighted by Crippen LogP contribution is 2.37. The molecular formula is C26H31F3N2O5S. The Hall–Kier alpha value is -2.69. The van der Waals surface area contributed by atoms with E-state index in [0.717, 1.165) is 36.1 Å². The highest BCUT2D eigenvalue weighted by atomic mass is 32.2. The van der Waals surface area contributed by atoms with Crippen molar-refractivity contribution in [3.8, 4) is 0 Å². The predicted molar refractivity (Wildman–Crippen MR) is 131 cm³/mol. The summed E-state index contributed by atoms with van der Waals surface area (Å²) in [5.74, 6) is -1.58.